The van der Waals surface area contributed by atoms with Crippen LogP contribution in [-0.4, -0.2) is 21.0 Å². The number of nitrogens with one attached hydrogen (secondary N) is 1. The molecule has 1 atom stereocenters. The fourth-order valence-electron chi connectivity index (χ4n) is 1.64. The van der Waals surface area contributed by atoms with E-state index in [0.717, 1.165) is 0 Å². The molecule has 0 aliphatic carbocycles. The van der Waals surface area contributed by atoms with Crippen LogP contribution in [0.3, 0.4) is 0 Å². The SMILES string of the molecule is O=C(O)[C@@H](Sc1nc(C(F)(F)F)cc(=O)[nH]1)c1ccccc1. The molecule has 2 rings (SSSR count). The fourth-order valence-corrected chi connectivity index (χ4v) is 2.56. The lowest BCUT2D eigenvalue weighted by Crippen LogP contribution is -2.18. The number of carboxylic acid groups (broad SMARTS) is 1. The van der Waals surface area contributed by atoms with Crippen molar-refractivity contribution in [1.82, 2.24) is 9.97 Å². The summed E-state index contributed by atoms with van der Waals surface area (Å²) in [5.74, 6) is -1.25. The maximum atomic E-state index is 12.6. The zero-order valence-electron chi connectivity index (χ0n) is 10.8. The standard InChI is InChI=1S/C13H9F3N2O3S/c14-13(15,16)8-6-9(19)18-12(17-8)22-10(11(20)21)7-4-2-1-3-5-7/h1-6,10H,(H,20,21)(H,17,18,19)/t10-/m0/s1. The Morgan fingerprint density at radius 2 is 1.91 bits per heavy atom. The summed E-state index contributed by atoms with van der Waals surface area (Å²) < 4.78 is 37.9. The number of carbonyl (C=O) groups is 1. The molecule has 9 heteroatoms. The highest BCUT2D eigenvalue weighted by molar-refractivity contribution is 8.00. The first-order valence-corrected chi connectivity index (χ1v) is 6.78. The van der Waals surface area contributed by atoms with Crippen LogP contribution in [0.4, 0.5) is 13.2 Å². The number of H-pyrrole nitrogens is 1. The van der Waals surface area contributed by atoms with Gasteiger partial charge in [0.05, 0.1) is 0 Å². The second-order valence-corrected chi connectivity index (χ2v) is 5.27. The van der Waals surface area contributed by atoms with Crippen LogP contribution in [0.5, 0.6) is 0 Å². The molecule has 22 heavy (non-hydrogen) atoms. The number of aromatic amines is 1. The molecule has 0 aliphatic heterocycles. The van der Waals surface area contributed by atoms with Crippen molar-refractivity contribution in [2.45, 2.75) is 16.6 Å². The molecule has 0 unspecified atom stereocenters. The van der Waals surface area contributed by atoms with Crippen LogP contribution in [0.25, 0.3) is 0 Å². The summed E-state index contributed by atoms with van der Waals surface area (Å²) in [6.07, 6.45) is -4.78. The Morgan fingerprint density at radius 3 is 2.45 bits per heavy atom. The molecule has 0 amide bonds. The Bertz CT molecular complexity index is 731. The van der Waals surface area contributed by atoms with Crippen molar-refractivity contribution in [1.29, 1.82) is 0 Å². The first-order valence-electron chi connectivity index (χ1n) is 5.90. The summed E-state index contributed by atoms with van der Waals surface area (Å²) in [5, 5.41) is 7.63. The van der Waals surface area contributed by atoms with Crippen molar-refractivity contribution in [3.63, 3.8) is 0 Å². The lowest BCUT2D eigenvalue weighted by Gasteiger charge is -2.12. The molecule has 2 N–H and O–H groups in total. The van der Waals surface area contributed by atoms with Gasteiger partial charge >= 0.3 is 12.1 Å². The molecular formula is C13H9F3N2O3S. The van der Waals surface area contributed by atoms with Gasteiger partial charge in [-0.1, -0.05) is 42.1 Å². The molecule has 0 radical (unpaired) electrons. The molecular weight excluding hydrogens is 321 g/mol. The average Bonchev–Trinajstić information content (AvgIpc) is 2.44. The van der Waals surface area contributed by atoms with E-state index >= 15 is 0 Å². The number of benzene rings is 1. The normalized spacial score (nSPS) is 12.9. The summed E-state index contributed by atoms with van der Waals surface area (Å²) >= 11 is 0.528. The van der Waals surface area contributed by atoms with Gasteiger partial charge in [-0.2, -0.15) is 13.2 Å². The highest BCUT2D eigenvalue weighted by atomic mass is 32.2. The molecule has 0 fully saturated rings. The molecule has 2 aromatic rings. The second-order valence-electron chi connectivity index (χ2n) is 4.18. The predicted molar refractivity (Wildman–Crippen MR) is 72.5 cm³/mol. The fraction of sp³-hybridized carbons (Fsp3) is 0.154. The lowest BCUT2D eigenvalue weighted by atomic mass is 10.1. The van der Waals surface area contributed by atoms with Gasteiger partial charge in [0.25, 0.3) is 5.56 Å². The van der Waals surface area contributed by atoms with Crippen LogP contribution in [0.15, 0.2) is 46.3 Å². The van der Waals surface area contributed by atoms with Crippen LogP contribution in [0.1, 0.15) is 16.5 Å². The van der Waals surface area contributed by atoms with E-state index in [1.807, 2.05) is 0 Å². The second kappa shape index (κ2) is 6.22. The Morgan fingerprint density at radius 1 is 1.27 bits per heavy atom. The first kappa shape index (κ1) is 16.1. The minimum absolute atomic E-state index is 0.322. The molecule has 0 aliphatic rings. The Kier molecular flexibility index (Phi) is 4.55. The third-order valence-corrected chi connectivity index (χ3v) is 3.69. The van der Waals surface area contributed by atoms with Gasteiger partial charge < -0.3 is 10.1 Å². The molecule has 0 saturated heterocycles. The largest absolute Gasteiger partial charge is 0.480 e. The molecule has 5 nitrogen and oxygen atoms in total. The van der Waals surface area contributed by atoms with E-state index in [0.29, 0.717) is 23.4 Å². The van der Waals surface area contributed by atoms with Crippen LogP contribution in [-0.2, 0) is 11.0 Å². The lowest BCUT2D eigenvalue weighted by molar-refractivity contribution is -0.141. The number of hydrogen-bond donors (Lipinski definition) is 2. The minimum atomic E-state index is -4.78. The third-order valence-electron chi connectivity index (χ3n) is 2.57. The number of nitrogens with zero attached hydrogens (tertiary/aromatic N) is 1. The van der Waals surface area contributed by atoms with Gasteiger partial charge in [-0.15, -0.1) is 0 Å². The Hall–Kier alpha value is -2.29. The number of aromatic nitrogens is 2. The number of carboxylic acids is 1. The smallest absolute Gasteiger partial charge is 0.433 e. The van der Waals surface area contributed by atoms with Crippen LogP contribution in [0, 0.1) is 0 Å². The van der Waals surface area contributed by atoms with Crippen molar-refractivity contribution in [3.8, 4) is 0 Å². The molecule has 0 bridgehead atoms. The van der Waals surface area contributed by atoms with Gasteiger partial charge in [-0.05, 0) is 5.56 Å². The number of rotatable bonds is 4. The molecule has 0 saturated carbocycles. The molecule has 1 aromatic carbocycles. The molecule has 116 valence electrons. The van der Waals surface area contributed by atoms with Gasteiger partial charge in [0.2, 0.25) is 0 Å². The minimum Gasteiger partial charge on any atom is -0.480 e. The Balaban J connectivity index is 2.38. The summed E-state index contributed by atoms with van der Waals surface area (Å²) in [6.45, 7) is 0. The first-order chi connectivity index (χ1) is 10.3. The van der Waals surface area contributed by atoms with E-state index in [1.165, 1.54) is 12.1 Å². The van der Waals surface area contributed by atoms with Crippen molar-refractivity contribution in [3.05, 3.63) is 58.0 Å². The number of aliphatic carboxylic acids is 1. The predicted octanol–water partition coefficient (Wildman–Crippen LogP) is 2.71. The summed E-state index contributed by atoms with van der Waals surface area (Å²) in [7, 11) is 0. The molecule has 1 aromatic heterocycles. The van der Waals surface area contributed by atoms with Gasteiger partial charge in [0.1, 0.15) is 5.25 Å². The monoisotopic (exact) mass is 330 g/mol. The summed E-state index contributed by atoms with van der Waals surface area (Å²) in [5.41, 5.74) is -1.99. The van der Waals surface area contributed by atoms with Gasteiger partial charge in [0.15, 0.2) is 10.9 Å². The van der Waals surface area contributed by atoms with E-state index in [1.54, 1.807) is 18.2 Å². The highest BCUT2D eigenvalue weighted by Crippen LogP contribution is 2.34. The molecule has 0 spiro atoms. The topological polar surface area (TPSA) is 83.0 Å². The summed E-state index contributed by atoms with van der Waals surface area (Å²) in [6, 6.07) is 8.26. The van der Waals surface area contributed by atoms with Crippen molar-refractivity contribution in [2.24, 2.45) is 0 Å². The van der Waals surface area contributed by atoms with Gasteiger partial charge in [-0.3, -0.25) is 9.59 Å². The van der Waals surface area contributed by atoms with E-state index in [-0.39, 0.29) is 0 Å². The zero-order chi connectivity index (χ0) is 16.3. The zero-order valence-corrected chi connectivity index (χ0v) is 11.6. The van der Waals surface area contributed by atoms with Crippen LogP contribution >= 0.6 is 11.8 Å². The maximum absolute atomic E-state index is 12.6. The highest BCUT2D eigenvalue weighted by Gasteiger charge is 2.34. The van der Waals surface area contributed by atoms with Gasteiger partial charge in [0, 0.05) is 6.07 Å². The van der Waals surface area contributed by atoms with Crippen molar-refractivity contribution >= 4 is 17.7 Å². The summed E-state index contributed by atoms with van der Waals surface area (Å²) in [4.78, 5) is 28.0. The van der Waals surface area contributed by atoms with Crippen molar-refractivity contribution in [2.75, 3.05) is 0 Å². The van der Waals surface area contributed by atoms with Gasteiger partial charge in [-0.25, -0.2) is 4.98 Å². The maximum Gasteiger partial charge on any atom is 0.433 e. The van der Waals surface area contributed by atoms with Crippen molar-refractivity contribution < 1.29 is 23.1 Å². The quantitative estimate of drug-likeness (QED) is 0.665. The van der Waals surface area contributed by atoms with E-state index in [2.05, 4.69) is 9.97 Å². The van der Waals surface area contributed by atoms with Crippen LogP contribution in [0.2, 0.25) is 0 Å². The van der Waals surface area contributed by atoms with E-state index < -0.39 is 33.8 Å². The Labute approximate surface area is 126 Å². The number of thioether (sulfide) groups is 1. The van der Waals surface area contributed by atoms with Crippen LogP contribution < -0.4 is 5.56 Å². The van der Waals surface area contributed by atoms with E-state index in [4.69, 9.17) is 0 Å². The van der Waals surface area contributed by atoms with E-state index in [9.17, 15) is 27.9 Å². The average molecular weight is 330 g/mol. The number of halogens is 3. The third kappa shape index (κ3) is 3.88. The number of alkyl halides is 3. The number of hydrogen-bond acceptors (Lipinski definition) is 4. The molecule has 1 heterocycles.